The first kappa shape index (κ1) is 20.9. The van der Waals surface area contributed by atoms with E-state index in [1.54, 1.807) is 24.5 Å². The van der Waals surface area contributed by atoms with Crippen LogP contribution < -0.4 is 10.6 Å². The van der Waals surface area contributed by atoms with E-state index < -0.39 is 17.7 Å². The van der Waals surface area contributed by atoms with Gasteiger partial charge < -0.3 is 5.73 Å². The second kappa shape index (κ2) is 7.75. The molecule has 1 unspecified atom stereocenters. The fourth-order valence-electron chi connectivity index (χ4n) is 4.10. The van der Waals surface area contributed by atoms with Gasteiger partial charge in [0.05, 0.1) is 33.8 Å². The van der Waals surface area contributed by atoms with E-state index in [0.717, 1.165) is 18.2 Å². The van der Waals surface area contributed by atoms with Crippen LogP contribution in [0.3, 0.4) is 0 Å². The molecule has 4 rings (SSSR count). The van der Waals surface area contributed by atoms with Crippen molar-refractivity contribution in [2.24, 2.45) is 5.73 Å². The molecule has 1 aromatic heterocycles. The minimum absolute atomic E-state index is 0.0198. The van der Waals surface area contributed by atoms with Gasteiger partial charge in [-0.3, -0.25) is 14.7 Å². The molecule has 2 N–H and O–H groups in total. The van der Waals surface area contributed by atoms with Crippen molar-refractivity contribution in [1.82, 2.24) is 4.98 Å². The third kappa shape index (κ3) is 3.55. The Morgan fingerprint density at radius 3 is 2.68 bits per heavy atom. The topological polar surface area (TPSA) is 83.0 Å². The number of carbonyl (C=O) groups is 1. The zero-order valence-electron chi connectivity index (χ0n) is 16.1. The third-order valence-electron chi connectivity index (χ3n) is 5.45. The van der Waals surface area contributed by atoms with Crippen molar-refractivity contribution in [3.05, 3.63) is 81.5 Å². The zero-order valence-corrected chi connectivity index (χ0v) is 16.8. The number of nitrogens with zero attached hydrogens (tertiary/aromatic N) is 3. The SMILES string of the molecule is N#CC1=C(N)N(c2cc(C(F)(F)F)ccc2Cl)C2=C(C(=O)CCC2)C1c1cccnc1. The van der Waals surface area contributed by atoms with Gasteiger partial charge in [-0.25, -0.2) is 0 Å². The number of halogens is 4. The summed E-state index contributed by atoms with van der Waals surface area (Å²) in [7, 11) is 0. The van der Waals surface area contributed by atoms with Crippen molar-refractivity contribution < 1.29 is 18.0 Å². The number of benzene rings is 1. The van der Waals surface area contributed by atoms with Crippen molar-refractivity contribution in [3.8, 4) is 6.07 Å². The first-order valence-electron chi connectivity index (χ1n) is 9.46. The minimum atomic E-state index is -4.59. The van der Waals surface area contributed by atoms with Gasteiger partial charge in [0.15, 0.2) is 5.78 Å². The molecule has 1 aliphatic carbocycles. The lowest BCUT2D eigenvalue weighted by atomic mass is 9.76. The lowest BCUT2D eigenvalue weighted by Gasteiger charge is -2.40. The molecule has 5 nitrogen and oxygen atoms in total. The molecule has 0 saturated heterocycles. The van der Waals surface area contributed by atoms with Crippen LogP contribution in [0, 0.1) is 11.3 Å². The Kier molecular flexibility index (Phi) is 5.23. The van der Waals surface area contributed by atoms with Gasteiger partial charge in [0.2, 0.25) is 0 Å². The van der Waals surface area contributed by atoms with Crippen LogP contribution in [-0.2, 0) is 11.0 Å². The number of nitriles is 1. The molecule has 1 aliphatic heterocycles. The van der Waals surface area contributed by atoms with E-state index in [0.29, 0.717) is 29.7 Å². The fourth-order valence-corrected chi connectivity index (χ4v) is 4.30. The van der Waals surface area contributed by atoms with E-state index in [1.165, 1.54) is 4.90 Å². The van der Waals surface area contributed by atoms with Crippen LogP contribution >= 0.6 is 11.6 Å². The molecule has 0 spiro atoms. The van der Waals surface area contributed by atoms with Crippen molar-refractivity contribution in [2.45, 2.75) is 31.4 Å². The normalized spacial score (nSPS) is 19.4. The molecule has 2 aliphatic rings. The zero-order chi connectivity index (χ0) is 22.3. The van der Waals surface area contributed by atoms with Gasteiger partial charge in [0.1, 0.15) is 5.82 Å². The summed E-state index contributed by atoms with van der Waals surface area (Å²) < 4.78 is 40.1. The number of carbonyl (C=O) groups excluding carboxylic acids is 1. The molecular formula is C22H16ClF3N4O. The van der Waals surface area contributed by atoms with E-state index in [1.807, 2.05) is 0 Å². The molecule has 1 atom stereocenters. The highest BCUT2D eigenvalue weighted by atomic mass is 35.5. The standard InChI is InChI=1S/C22H16ClF3N4O/c23-15-7-6-13(22(24,25)26)9-17(15)30-16-4-1-5-18(31)20(16)19(14(10-27)21(30)28)12-3-2-8-29-11-12/h2-3,6-9,11,19H,1,4-5,28H2. The Morgan fingerprint density at radius 2 is 2.03 bits per heavy atom. The smallest absolute Gasteiger partial charge is 0.384 e. The number of pyridine rings is 1. The molecule has 0 amide bonds. The van der Waals surface area contributed by atoms with E-state index >= 15 is 0 Å². The maximum atomic E-state index is 13.4. The van der Waals surface area contributed by atoms with Gasteiger partial charge in [0.25, 0.3) is 0 Å². The monoisotopic (exact) mass is 444 g/mol. The summed E-state index contributed by atoms with van der Waals surface area (Å²) in [6, 6.07) is 8.37. The highest BCUT2D eigenvalue weighted by molar-refractivity contribution is 6.33. The quantitative estimate of drug-likeness (QED) is 0.700. The lowest BCUT2D eigenvalue weighted by Crippen LogP contribution is -2.39. The number of hydrogen-bond donors (Lipinski definition) is 1. The van der Waals surface area contributed by atoms with Crippen LogP contribution in [0.15, 0.2) is 65.4 Å². The lowest BCUT2D eigenvalue weighted by molar-refractivity contribution is -0.137. The first-order valence-corrected chi connectivity index (χ1v) is 9.84. The van der Waals surface area contributed by atoms with Crippen LogP contribution in [0.4, 0.5) is 18.9 Å². The average Bonchev–Trinajstić information content (AvgIpc) is 2.74. The third-order valence-corrected chi connectivity index (χ3v) is 5.77. The predicted molar refractivity (Wildman–Crippen MR) is 109 cm³/mol. The number of alkyl halides is 3. The number of nitrogens with two attached hydrogens (primary N) is 1. The molecule has 9 heteroatoms. The number of rotatable bonds is 2. The van der Waals surface area contributed by atoms with Gasteiger partial charge in [-0.2, -0.15) is 18.4 Å². The van der Waals surface area contributed by atoms with Crippen LogP contribution in [0.2, 0.25) is 5.02 Å². The number of aromatic nitrogens is 1. The Morgan fingerprint density at radius 1 is 1.26 bits per heavy atom. The fraction of sp³-hybridized carbons (Fsp3) is 0.227. The average molecular weight is 445 g/mol. The van der Waals surface area contributed by atoms with E-state index in [9.17, 15) is 23.2 Å². The Hall–Kier alpha value is -3.31. The second-order valence-corrected chi connectivity index (χ2v) is 7.67. The number of hydrogen-bond acceptors (Lipinski definition) is 5. The van der Waals surface area contributed by atoms with Crippen LogP contribution in [0.1, 0.15) is 36.3 Å². The van der Waals surface area contributed by atoms with E-state index in [2.05, 4.69) is 11.1 Å². The van der Waals surface area contributed by atoms with Gasteiger partial charge in [0, 0.05) is 30.1 Å². The molecular weight excluding hydrogens is 429 g/mol. The van der Waals surface area contributed by atoms with Crippen LogP contribution in [0.5, 0.6) is 0 Å². The number of ketones is 1. The predicted octanol–water partition coefficient (Wildman–Crippen LogP) is 5.06. The highest BCUT2D eigenvalue weighted by Crippen LogP contribution is 2.48. The van der Waals surface area contributed by atoms with Gasteiger partial charge in [-0.05, 0) is 42.7 Å². The summed E-state index contributed by atoms with van der Waals surface area (Å²) in [4.78, 5) is 18.4. The summed E-state index contributed by atoms with van der Waals surface area (Å²) in [6.45, 7) is 0. The maximum absolute atomic E-state index is 13.4. The molecule has 1 aromatic carbocycles. The molecule has 158 valence electrons. The van der Waals surface area contributed by atoms with Crippen molar-refractivity contribution in [3.63, 3.8) is 0 Å². The highest BCUT2D eigenvalue weighted by Gasteiger charge is 2.41. The number of Topliss-reactive ketones (excluding diaryl/α,β-unsaturated/α-hetero) is 1. The molecule has 0 bridgehead atoms. The molecule has 2 aromatic rings. The Labute approximate surface area is 181 Å². The molecule has 2 heterocycles. The van der Waals surface area contributed by atoms with Crippen molar-refractivity contribution in [1.29, 1.82) is 5.26 Å². The molecule has 31 heavy (non-hydrogen) atoms. The van der Waals surface area contributed by atoms with Crippen LogP contribution in [0.25, 0.3) is 0 Å². The summed E-state index contributed by atoms with van der Waals surface area (Å²) >= 11 is 6.27. The molecule has 0 saturated carbocycles. The second-order valence-electron chi connectivity index (χ2n) is 7.27. The minimum Gasteiger partial charge on any atom is -0.384 e. The Balaban J connectivity index is 1.99. The summed E-state index contributed by atoms with van der Waals surface area (Å²) in [5, 5.41) is 9.93. The number of anilines is 1. The van der Waals surface area contributed by atoms with Gasteiger partial charge in [-0.15, -0.1) is 0 Å². The van der Waals surface area contributed by atoms with Crippen molar-refractivity contribution >= 4 is 23.1 Å². The molecule has 0 fully saturated rings. The van der Waals surface area contributed by atoms with Gasteiger partial charge in [-0.1, -0.05) is 17.7 Å². The van der Waals surface area contributed by atoms with Gasteiger partial charge >= 0.3 is 6.18 Å². The Bertz CT molecular complexity index is 1170. The van der Waals surface area contributed by atoms with E-state index in [-0.39, 0.29) is 34.3 Å². The van der Waals surface area contributed by atoms with E-state index in [4.69, 9.17) is 17.3 Å². The van der Waals surface area contributed by atoms with Crippen molar-refractivity contribution in [2.75, 3.05) is 4.90 Å². The summed E-state index contributed by atoms with van der Waals surface area (Å²) in [5.74, 6) is -0.961. The molecule has 0 radical (unpaired) electrons. The summed E-state index contributed by atoms with van der Waals surface area (Å²) in [5.41, 5.74) is 6.91. The largest absolute Gasteiger partial charge is 0.416 e. The van der Waals surface area contributed by atoms with Crippen LogP contribution in [-0.4, -0.2) is 10.8 Å². The summed E-state index contributed by atoms with van der Waals surface area (Å²) in [6.07, 6.45) is -0.280. The number of allylic oxidation sites excluding steroid dienone is 3. The first-order chi connectivity index (χ1) is 14.7. The maximum Gasteiger partial charge on any atom is 0.416 e.